The number of amides is 1. The molecule has 7 nitrogen and oxygen atoms in total. The Morgan fingerprint density at radius 3 is 2.52 bits per heavy atom. The quantitative estimate of drug-likeness (QED) is 0.421. The second-order valence-corrected chi connectivity index (χ2v) is 6.71. The zero-order chi connectivity index (χ0) is 19.8. The standard InChI is InChI=1S/C19H23N3O4S/c1-5-25-16-9-7-6-8-15(16)22-18(24)14(4)26-17(23)11-27-19-20-12(2)10-13(3)21-19/h6-10,14H,5,11H2,1-4H3,(H,22,24). The molecule has 0 aliphatic rings. The maximum atomic E-state index is 12.3. The topological polar surface area (TPSA) is 90.4 Å². The van der Waals surface area contributed by atoms with Gasteiger partial charge in [-0.05, 0) is 45.9 Å². The first kappa shape index (κ1) is 20.7. The molecule has 2 aromatic rings. The fraction of sp³-hybridized carbons (Fsp3) is 0.368. The minimum absolute atomic E-state index is 0.0239. The Hall–Kier alpha value is -2.61. The molecule has 1 heterocycles. The van der Waals surface area contributed by atoms with Crippen LogP contribution in [0.2, 0.25) is 0 Å². The molecule has 0 spiro atoms. The lowest BCUT2D eigenvalue weighted by molar-refractivity contribution is -0.150. The van der Waals surface area contributed by atoms with Crippen LogP contribution in [0.4, 0.5) is 5.69 Å². The minimum Gasteiger partial charge on any atom is -0.492 e. The molecule has 144 valence electrons. The number of nitrogens with zero attached hydrogens (tertiary/aromatic N) is 2. The summed E-state index contributed by atoms with van der Waals surface area (Å²) in [4.78, 5) is 32.8. The number of para-hydroxylation sites is 2. The smallest absolute Gasteiger partial charge is 0.317 e. The number of rotatable bonds is 8. The molecule has 8 heteroatoms. The van der Waals surface area contributed by atoms with Crippen LogP contribution in [0.3, 0.4) is 0 Å². The number of ether oxygens (including phenoxy) is 2. The van der Waals surface area contributed by atoms with E-state index in [9.17, 15) is 9.59 Å². The van der Waals surface area contributed by atoms with Crippen LogP contribution < -0.4 is 10.1 Å². The van der Waals surface area contributed by atoms with Gasteiger partial charge in [-0.3, -0.25) is 9.59 Å². The Morgan fingerprint density at radius 1 is 1.19 bits per heavy atom. The summed E-state index contributed by atoms with van der Waals surface area (Å²) in [5.41, 5.74) is 2.20. The van der Waals surface area contributed by atoms with E-state index in [0.29, 0.717) is 23.2 Å². The van der Waals surface area contributed by atoms with Gasteiger partial charge in [0, 0.05) is 11.4 Å². The van der Waals surface area contributed by atoms with E-state index in [4.69, 9.17) is 9.47 Å². The van der Waals surface area contributed by atoms with Crippen molar-refractivity contribution in [3.63, 3.8) is 0 Å². The Kier molecular flexibility index (Phi) is 7.60. The highest BCUT2D eigenvalue weighted by Crippen LogP contribution is 2.24. The van der Waals surface area contributed by atoms with E-state index in [1.54, 1.807) is 18.2 Å². The molecule has 0 radical (unpaired) electrons. The van der Waals surface area contributed by atoms with Crippen molar-refractivity contribution in [3.8, 4) is 5.75 Å². The molecule has 27 heavy (non-hydrogen) atoms. The molecule has 2 rings (SSSR count). The fourth-order valence-corrected chi connectivity index (χ4v) is 2.98. The Morgan fingerprint density at radius 2 is 1.85 bits per heavy atom. The van der Waals surface area contributed by atoms with Gasteiger partial charge in [-0.1, -0.05) is 23.9 Å². The van der Waals surface area contributed by atoms with Crippen molar-refractivity contribution in [1.82, 2.24) is 9.97 Å². The largest absolute Gasteiger partial charge is 0.492 e. The Bertz CT molecular complexity index is 793. The molecule has 1 unspecified atom stereocenters. The van der Waals surface area contributed by atoms with Gasteiger partial charge in [-0.2, -0.15) is 0 Å². The first-order chi connectivity index (χ1) is 12.9. The zero-order valence-electron chi connectivity index (χ0n) is 15.8. The molecule has 0 fully saturated rings. The van der Waals surface area contributed by atoms with Gasteiger partial charge >= 0.3 is 5.97 Å². The lowest BCUT2D eigenvalue weighted by atomic mass is 10.2. The number of hydrogen-bond acceptors (Lipinski definition) is 7. The van der Waals surface area contributed by atoms with Crippen LogP contribution in [0.15, 0.2) is 35.5 Å². The summed E-state index contributed by atoms with van der Waals surface area (Å²) in [5, 5.41) is 3.22. The van der Waals surface area contributed by atoms with Crippen LogP contribution in [-0.4, -0.2) is 40.3 Å². The third-order valence-corrected chi connectivity index (χ3v) is 4.22. The molecule has 0 bridgehead atoms. The lowest BCUT2D eigenvalue weighted by Crippen LogP contribution is -2.30. The van der Waals surface area contributed by atoms with Gasteiger partial charge in [-0.15, -0.1) is 0 Å². The van der Waals surface area contributed by atoms with E-state index in [0.717, 1.165) is 11.4 Å². The lowest BCUT2D eigenvalue weighted by Gasteiger charge is -2.15. The molecule has 1 amide bonds. The molecule has 0 saturated carbocycles. The van der Waals surface area contributed by atoms with Gasteiger partial charge in [0.1, 0.15) is 5.75 Å². The number of benzene rings is 1. The monoisotopic (exact) mass is 389 g/mol. The van der Waals surface area contributed by atoms with E-state index in [1.165, 1.54) is 18.7 Å². The van der Waals surface area contributed by atoms with E-state index in [1.807, 2.05) is 32.9 Å². The van der Waals surface area contributed by atoms with Crippen LogP contribution >= 0.6 is 11.8 Å². The number of nitrogens with one attached hydrogen (secondary N) is 1. The molecule has 1 N–H and O–H groups in total. The Balaban J connectivity index is 1.87. The molecule has 1 atom stereocenters. The highest BCUT2D eigenvalue weighted by Gasteiger charge is 2.19. The SMILES string of the molecule is CCOc1ccccc1NC(=O)C(C)OC(=O)CSc1nc(C)cc(C)n1. The van der Waals surface area contributed by atoms with Gasteiger partial charge in [0.15, 0.2) is 11.3 Å². The minimum atomic E-state index is -0.937. The van der Waals surface area contributed by atoms with Crippen LogP contribution in [0.25, 0.3) is 0 Å². The summed E-state index contributed by atoms with van der Waals surface area (Å²) in [6.45, 7) is 7.59. The second-order valence-electron chi connectivity index (χ2n) is 5.77. The zero-order valence-corrected chi connectivity index (χ0v) is 16.6. The van der Waals surface area contributed by atoms with Crippen LogP contribution in [0, 0.1) is 13.8 Å². The molecule has 0 aliphatic carbocycles. The van der Waals surface area contributed by atoms with Crippen LogP contribution in [0.1, 0.15) is 25.2 Å². The van der Waals surface area contributed by atoms with Gasteiger partial charge < -0.3 is 14.8 Å². The average Bonchev–Trinajstić information content (AvgIpc) is 2.61. The number of aryl methyl sites for hydroxylation is 2. The van der Waals surface area contributed by atoms with E-state index >= 15 is 0 Å². The Labute approximate surface area is 162 Å². The molecule has 0 saturated heterocycles. The molecule has 1 aromatic heterocycles. The highest BCUT2D eigenvalue weighted by atomic mass is 32.2. The van der Waals surface area contributed by atoms with E-state index in [-0.39, 0.29) is 5.75 Å². The van der Waals surface area contributed by atoms with Crippen LogP contribution in [-0.2, 0) is 14.3 Å². The third-order valence-electron chi connectivity index (χ3n) is 3.40. The summed E-state index contributed by atoms with van der Waals surface area (Å²) in [7, 11) is 0. The summed E-state index contributed by atoms with van der Waals surface area (Å²) >= 11 is 1.18. The number of thioether (sulfide) groups is 1. The van der Waals surface area contributed by atoms with Crippen molar-refractivity contribution in [1.29, 1.82) is 0 Å². The van der Waals surface area contributed by atoms with Gasteiger partial charge in [0.2, 0.25) is 0 Å². The van der Waals surface area contributed by atoms with Crippen molar-refractivity contribution in [2.45, 2.75) is 39.0 Å². The average molecular weight is 389 g/mol. The third kappa shape index (κ3) is 6.56. The maximum absolute atomic E-state index is 12.3. The molecule has 1 aromatic carbocycles. The van der Waals surface area contributed by atoms with Gasteiger partial charge in [0.05, 0.1) is 18.0 Å². The predicted octanol–water partition coefficient (Wildman–Crippen LogP) is 3.15. The molecular formula is C19H23N3O4S. The normalized spacial score (nSPS) is 11.6. The van der Waals surface area contributed by atoms with Crippen LogP contribution in [0.5, 0.6) is 5.75 Å². The first-order valence-electron chi connectivity index (χ1n) is 8.56. The number of anilines is 1. The fourth-order valence-electron chi connectivity index (χ4n) is 2.25. The number of carbonyl (C=O) groups is 2. The van der Waals surface area contributed by atoms with Crippen molar-refractivity contribution in [2.75, 3.05) is 17.7 Å². The summed E-state index contributed by atoms with van der Waals surface area (Å²) in [6.07, 6.45) is -0.937. The molecule has 0 aliphatic heterocycles. The summed E-state index contributed by atoms with van der Waals surface area (Å²) in [6, 6.07) is 8.95. The van der Waals surface area contributed by atoms with E-state index < -0.39 is 18.0 Å². The van der Waals surface area contributed by atoms with Crippen molar-refractivity contribution in [2.24, 2.45) is 0 Å². The predicted molar refractivity (Wildman–Crippen MR) is 104 cm³/mol. The number of esters is 1. The molecular weight excluding hydrogens is 366 g/mol. The maximum Gasteiger partial charge on any atom is 0.317 e. The van der Waals surface area contributed by atoms with Crippen molar-refractivity contribution < 1.29 is 19.1 Å². The number of carbonyl (C=O) groups excluding carboxylic acids is 2. The number of hydrogen-bond donors (Lipinski definition) is 1. The first-order valence-corrected chi connectivity index (χ1v) is 9.55. The summed E-state index contributed by atoms with van der Waals surface area (Å²) < 4.78 is 10.7. The second kappa shape index (κ2) is 9.91. The van der Waals surface area contributed by atoms with Crippen molar-refractivity contribution >= 4 is 29.3 Å². The summed E-state index contributed by atoms with van der Waals surface area (Å²) in [5.74, 6) is -0.350. The van der Waals surface area contributed by atoms with E-state index in [2.05, 4.69) is 15.3 Å². The highest BCUT2D eigenvalue weighted by molar-refractivity contribution is 7.99. The van der Waals surface area contributed by atoms with Crippen molar-refractivity contribution in [3.05, 3.63) is 41.7 Å². The van der Waals surface area contributed by atoms with Gasteiger partial charge in [0.25, 0.3) is 5.91 Å². The number of aromatic nitrogens is 2. The van der Waals surface area contributed by atoms with Gasteiger partial charge in [-0.25, -0.2) is 9.97 Å².